The minimum atomic E-state index is -0.381. The molecule has 1 aliphatic rings. The summed E-state index contributed by atoms with van der Waals surface area (Å²) in [6.07, 6.45) is 1.85. The first-order valence-electron chi connectivity index (χ1n) is 11.2. The lowest BCUT2D eigenvalue weighted by molar-refractivity contribution is 0.0361. The van der Waals surface area contributed by atoms with Crippen LogP contribution in [0.1, 0.15) is 5.69 Å². The van der Waals surface area contributed by atoms with Gasteiger partial charge < -0.3 is 14.2 Å². The van der Waals surface area contributed by atoms with Gasteiger partial charge in [-0.3, -0.25) is 27.8 Å². The van der Waals surface area contributed by atoms with E-state index < -0.39 is 0 Å². The van der Waals surface area contributed by atoms with Gasteiger partial charge in [0, 0.05) is 51.2 Å². The number of hydrogen-bond donors (Lipinski definition) is 0. The van der Waals surface area contributed by atoms with Crippen molar-refractivity contribution in [2.75, 3.05) is 47.1 Å². The molecule has 180 valence electrons. The van der Waals surface area contributed by atoms with Gasteiger partial charge >= 0.3 is 5.69 Å². The molecule has 0 bridgehead atoms. The summed E-state index contributed by atoms with van der Waals surface area (Å²) in [5, 5.41) is 0. The molecule has 1 aliphatic heterocycles. The topological polar surface area (TPSA) is 97.2 Å². The van der Waals surface area contributed by atoms with E-state index in [0.29, 0.717) is 54.7 Å². The standard InChI is InChI=1S/C23H28N6O5/c1-15-14-28-19-20(24-22(28)29(15)17-13-16(32-3)5-6-18(17)33-4)25(2)23(31)27(21(19)30)8-7-26-9-11-34-12-10-26/h5-6,13-14H,7-12H2,1-4H3. The zero-order chi connectivity index (χ0) is 24.0. The van der Waals surface area contributed by atoms with Crippen molar-refractivity contribution < 1.29 is 14.2 Å². The minimum absolute atomic E-state index is 0.304. The first-order chi connectivity index (χ1) is 16.4. The molecule has 0 aliphatic carbocycles. The normalized spacial score (nSPS) is 14.8. The first-order valence-corrected chi connectivity index (χ1v) is 11.2. The summed E-state index contributed by atoms with van der Waals surface area (Å²) < 4.78 is 22.7. The highest BCUT2D eigenvalue weighted by molar-refractivity contribution is 5.77. The summed E-state index contributed by atoms with van der Waals surface area (Å²) in [5.41, 5.74) is 1.54. The second kappa shape index (κ2) is 8.65. The molecule has 0 amide bonds. The van der Waals surface area contributed by atoms with Gasteiger partial charge in [-0.1, -0.05) is 0 Å². The number of methoxy groups -OCH3 is 2. The van der Waals surface area contributed by atoms with Crippen molar-refractivity contribution >= 4 is 16.9 Å². The number of benzene rings is 1. The van der Waals surface area contributed by atoms with Gasteiger partial charge in [0.1, 0.15) is 11.5 Å². The van der Waals surface area contributed by atoms with E-state index in [2.05, 4.69) is 4.90 Å². The Bertz CT molecular complexity index is 1490. The molecular formula is C23H28N6O5. The van der Waals surface area contributed by atoms with E-state index in [1.807, 2.05) is 35.9 Å². The Morgan fingerprint density at radius 3 is 2.56 bits per heavy atom. The number of imidazole rings is 2. The highest BCUT2D eigenvalue weighted by Gasteiger charge is 2.22. The Morgan fingerprint density at radius 1 is 1.09 bits per heavy atom. The van der Waals surface area contributed by atoms with E-state index in [-0.39, 0.29) is 11.2 Å². The molecule has 4 heterocycles. The van der Waals surface area contributed by atoms with Gasteiger partial charge in [-0.25, -0.2) is 4.79 Å². The summed E-state index contributed by atoms with van der Waals surface area (Å²) in [5.74, 6) is 1.80. The largest absolute Gasteiger partial charge is 0.497 e. The van der Waals surface area contributed by atoms with E-state index in [0.717, 1.165) is 24.5 Å². The highest BCUT2D eigenvalue weighted by Crippen LogP contribution is 2.31. The molecule has 0 atom stereocenters. The average molecular weight is 469 g/mol. The molecule has 4 aromatic rings. The zero-order valence-electron chi connectivity index (χ0n) is 19.8. The number of morpholine rings is 1. The molecule has 34 heavy (non-hydrogen) atoms. The average Bonchev–Trinajstić information content (AvgIpc) is 3.37. The molecule has 0 unspecified atom stereocenters. The SMILES string of the molecule is COc1ccc(OC)c(-n2c(C)cn3c4c(=O)n(CCN5CCOCC5)c(=O)n(C)c4nc23)c1. The molecule has 11 heteroatoms. The first kappa shape index (κ1) is 22.2. The van der Waals surface area contributed by atoms with Crippen LogP contribution in [0.5, 0.6) is 11.5 Å². The highest BCUT2D eigenvalue weighted by atomic mass is 16.5. The fraction of sp³-hybridized carbons (Fsp3) is 0.435. The summed E-state index contributed by atoms with van der Waals surface area (Å²) in [6.45, 7) is 5.74. The molecule has 0 spiro atoms. The molecule has 0 saturated carbocycles. The van der Waals surface area contributed by atoms with Gasteiger partial charge in [-0.05, 0) is 19.1 Å². The van der Waals surface area contributed by atoms with E-state index in [1.54, 1.807) is 25.7 Å². The van der Waals surface area contributed by atoms with Crippen LogP contribution in [0.25, 0.3) is 22.6 Å². The second-order valence-corrected chi connectivity index (χ2v) is 8.35. The zero-order valence-corrected chi connectivity index (χ0v) is 19.8. The summed E-state index contributed by atoms with van der Waals surface area (Å²) >= 11 is 0. The number of rotatable bonds is 6. The number of aryl methyl sites for hydroxylation is 2. The van der Waals surface area contributed by atoms with Gasteiger partial charge in [0.25, 0.3) is 5.56 Å². The molecule has 0 N–H and O–H groups in total. The van der Waals surface area contributed by atoms with E-state index >= 15 is 0 Å². The van der Waals surface area contributed by atoms with Gasteiger partial charge in [-0.2, -0.15) is 4.98 Å². The summed E-state index contributed by atoms with van der Waals surface area (Å²) in [7, 11) is 4.84. The van der Waals surface area contributed by atoms with E-state index in [9.17, 15) is 9.59 Å². The predicted octanol–water partition coefficient (Wildman–Crippen LogP) is 0.796. The molecule has 5 rings (SSSR count). The van der Waals surface area contributed by atoms with Crippen molar-refractivity contribution in [1.29, 1.82) is 0 Å². The Morgan fingerprint density at radius 2 is 1.85 bits per heavy atom. The lowest BCUT2D eigenvalue weighted by Gasteiger charge is -2.26. The number of nitrogens with zero attached hydrogens (tertiary/aromatic N) is 6. The van der Waals surface area contributed by atoms with Crippen molar-refractivity contribution in [3.8, 4) is 17.2 Å². The van der Waals surface area contributed by atoms with Crippen LogP contribution in [0.15, 0.2) is 34.0 Å². The van der Waals surface area contributed by atoms with Crippen LogP contribution < -0.4 is 20.7 Å². The van der Waals surface area contributed by atoms with Crippen molar-refractivity contribution in [3.63, 3.8) is 0 Å². The Hall–Kier alpha value is -3.57. The predicted molar refractivity (Wildman–Crippen MR) is 127 cm³/mol. The van der Waals surface area contributed by atoms with Gasteiger partial charge in [0.05, 0.1) is 33.1 Å². The molecule has 11 nitrogen and oxygen atoms in total. The molecule has 1 fully saturated rings. The quantitative estimate of drug-likeness (QED) is 0.413. The van der Waals surface area contributed by atoms with Crippen LogP contribution in [0.3, 0.4) is 0 Å². The van der Waals surface area contributed by atoms with Crippen LogP contribution in [0, 0.1) is 6.92 Å². The van der Waals surface area contributed by atoms with Crippen LogP contribution in [-0.2, 0) is 18.3 Å². The molecule has 3 aromatic heterocycles. The third kappa shape index (κ3) is 3.48. The third-order valence-electron chi connectivity index (χ3n) is 6.40. The lowest BCUT2D eigenvalue weighted by Crippen LogP contribution is -2.44. The minimum Gasteiger partial charge on any atom is -0.497 e. The molecule has 1 saturated heterocycles. The molecular weight excluding hydrogens is 440 g/mol. The maximum atomic E-state index is 13.5. The van der Waals surface area contributed by atoms with Crippen LogP contribution in [-0.4, -0.2) is 75.1 Å². The van der Waals surface area contributed by atoms with Crippen molar-refractivity contribution in [1.82, 2.24) is 28.0 Å². The van der Waals surface area contributed by atoms with Crippen molar-refractivity contribution in [3.05, 3.63) is 50.9 Å². The number of ether oxygens (including phenoxy) is 3. The third-order valence-corrected chi connectivity index (χ3v) is 6.40. The Kier molecular flexibility index (Phi) is 5.66. The smallest absolute Gasteiger partial charge is 0.332 e. The van der Waals surface area contributed by atoms with Gasteiger partial charge in [0.2, 0.25) is 5.78 Å². The lowest BCUT2D eigenvalue weighted by atomic mass is 10.2. The summed E-state index contributed by atoms with van der Waals surface area (Å²) in [4.78, 5) is 33.5. The van der Waals surface area contributed by atoms with Crippen LogP contribution >= 0.6 is 0 Å². The van der Waals surface area contributed by atoms with Crippen LogP contribution in [0.2, 0.25) is 0 Å². The number of hydrogen-bond acceptors (Lipinski definition) is 7. The fourth-order valence-electron chi connectivity index (χ4n) is 4.54. The van der Waals surface area contributed by atoms with E-state index in [4.69, 9.17) is 19.2 Å². The Balaban J connectivity index is 1.68. The van der Waals surface area contributed by atoms with E-state index in [1.165, 1.54) is 9.13 Å². The maximum Gasteiger partial charge on any atom is 0.332 e. The molecule has 1 aromatic carbocycles. The second-order valence-electron chi connectivity index (χ2n) is 8.35. The van der Waals surface area contributed by atoms with Crippen molar-refractivity contribution in [2.45, 2.75) is 13.5 Å². The van der Waals surface area contributed by atoms with Crippen LogP contribution in [0.4, 0.5) is 0 Å². The fourth-order valence-corrected chi connectivity index (χ4v) is 4.54. The maximum absolute atomic E-state index is 13.5. The Labute approximate surface area is 195 Å². The number of fused-ring (bicyclic) bond motifs is 3. The number of aromatic nitrogens is 5. The summed E-state index contributed by atoms with van der Waals surface area (Å²) in [6, 6.07) is 5.49. The van der Waals surface area contributed by atoms with Crippen molar-refractivity contribution in [2.24, 2.45) is 7.05 Å². The van der Waals surface area contributed by atoms with Gasteiger partial charge in [-0.15, -0.1) is 0 Å². The van der Waals surface area contributed by atoms with Gasteiger partial charge in [0.15, 0.2) is 11.2 Å². The monoisotopic (exact) mass is 468 g/mol. The molecule has 0 radical (unpaired) electrons.